The van der Waals surface area contributed by atoms with E-state index in [4.69, 9.17) is 31.5 Å². The summed E-state index contributed by atoms with van der Waals surface area (Å²) in [5.74, 6) is 1.37. The Balaban J connectivity index is 2.34. The first-order valence-corrected chi connectivity index (χ1v) is 17.2. The molecule has 0 atom stereocenters. The molecule has 0 N–H and O–H groups in total. The molecule has 17 heavy (non-hydrogen) atoms. The van der Waals surface area contributed by atoms with Gasteiger partial charge in [-0.05, 0) is 0 Å². The van der Waals surface area contributed by atoms with Gasteiger partial charge >= 0.3 is 116 Å². The van der Waals surface area contributed by atoms with Crippen LogP contribution in [0.15, 0.2) is 54.6 Å². The summed E-state index contributed by atoms with van der Waals surface area (Å²) in [5, 5.41) is 0. The van der Waals surface area contributed by atoms with E-state index in [2.05, 4.69) is 0 Å². The van der Waals surface area contributed by atoms with Crippen molar-refractivity contribution in [1.29, 1.82) is 0 Å². The normalized spacial score (nSPS) is 11.2. The van der Waals surface area contributed by atoms with Crippen molar-refractivity contribution in [3.05, 3.63) is 54.6 Å². The van der Waals surface area contributed by atoms with Crippen molar-refractivity contribution in [2.24, 2.45) is 0 Å². The molecule has 1 nitrogen and oxygen atoms in total. The van der Waals surface area contributed by atoms with E-state index in [-0.39, 0.29) is 0 Å². The van der Waals surface area contributed by atoms with Crippen LogP contribution in [0.5, 0.6) is 11.5 Å². The van der Waals surface area contributed by atoms with Crippen LogP contribution >= 0.6 is 26.8 Å². The number of hydrogen-bond acceptors (Lipinski definition) is 1. The Morgan fingerprint density at radius 3 is 2.00 bits per heavy atom. The summed E-state index contributed by atoms with van der Waals surface area (Å²) in [6.45, 7) is 0. The van der Waals surface area contributed by atoms with Crippen molar-refractivity contribution < 1.29 is 4.74 Å². The Morgan fingerprint density at radius 2 is 1.35 bits per heavy atom. The molecular formula is C12H9Cl3OSn. The zero-order valence-corrected chi connectivity index (χ0v) is 13.9. The first kappa shape index (κ1) is 13.3. The van der Waals surface area contributed by atoms with Crippen LogP contribution in [0.2, 0.25) is 0 Å². The SMILES string of the molecule is [Cl][Sn]([Cl])([Cl])[c]1ccccc1Oc1ccccc1. The molecule has 2 rings (SSSR count). The predicted octanol–water partition coefficient (Wildman–Crippen LogP) is 4.34. The van der Waals surface area contributed by atoms with Crippen molar-refractivity contribution >= 4 is 45.3 Å². The molecule has 2 aromatic rings. The average Bonchev–Trinajstić information content (AvgIpc) is 2.30. The van der Waals surface area contributed by atoms with Crippen LogP contribution in [0.1, 0.15) is 0 Å². The van der Waals surface area contributed by atoms with Gasteiger partial charge in [-0.15, -0.1) is 0 Å². The number of hydrogen-bond donors (Lipinski definition) is 0. The minimum absolute atomic E-state index is 0.634. The van der Waals surface area contributed by atoms with Gasteiger partial charge in [-0.3, -0.25) is 0 Å². The van der Waals surface area contributed by atoms with Crippen molar-refractivity contribution in [2.45, 2.75) is 0 Å². The van der Waals surface area contributed by atoms with Gasteiger partial charge in [-0.2, -0.15) is 0 Å². The van der Waals surface area contributed by atoms with Crippen LogP contribution in [0.25, 0.3) is 0 Å². The summed E-state index contributed by atoms with van der Waals surface area (Å²) in [7, 11) is 18.3. The molecule has 2 aromatic carbocycles. The molecule has 0 radical (unpaired) electrons. The predicted molar refractivity (Wildman–Crippen MR) is 75.9 cm³/mol. The third kappa shape index (κ3) is 3.68. The third-order valence-corrected chi connectivity index (χ3v) is 9.18. The van der Waals surface area contributed by atoms with Gasteiger partial charge < -0.3 is 0 Å². The van der Waals surface area contributed by atoms with Gasteiger partial charge in [-0.1, -0.05) is 0 Å². The summed E-state index contributed by atoms with van der Waals surface area (Å²) in [4.78, 5) is 0. The fraction of sp³-hybridized carbons (Fsp3) is 0. The van der Waals surface area contributed by atoms with E-state index >= 15 is 0 Å². The second-order valence-corrected chi connectivity index (χ2v) is 23.1. The first-order valence-electron chi connectivity index (χ1n) is 4.96. The summed E-state index contributed by atoms with van der Waals surface area (Å²) >= 11 is -3.68. The molecule has 0 amide bonds. The number of ether oxygens (including phenoxy) is 1. The molecule has 0 saturated heterocycles. The second-order valence-electron chi connectivity index (χ2n) is 3.41. The van der Waals surface area contributed by atoms with E-state index in [0.717, 1.165) is 9.33 Å². The van der Waals surface area contributed by atoms with Crippen LogP contribution in [0.3, 0.4) is 0 Å². The number of rotatable bonds is 3. The molecular weight excluding hydrogens is 385 g/mol. The Bertz CT molecular complexity index is 497. The number of para-hydroxylation sites is 2. The standard InChI is InChI=1S/C12H9O.3ClH.Sn/c1-3-7-11(8-4-1)13-12-9-5-2-6-10-12;;;;/h1-9H;3*1H;/q;;;;+3/p-3. The third-order valence-electron chi connectivity index (χ3n) is 2.16. The summed E-state index contributed by atoms with van der Waals surface area (Å²) in [6, 6.07) is 16.8. The maximum absolute atomic E-state index is 6.09. The quantitative estimate of drug-likeness (QED) is 0.704. The van der Waals surface area contributed by atoms with E-state index in [1.165, 1.54) is 0 Å². The molecule has 0 aliphatic heterocycles. The Hall–Kier alpha value is -0.0913. The van der Waals surface area contributed by atoms with Gasteiger partial charge in [0.05, 0.1) is 0 Å². The first-order chi connectivity index (χ1) is 8.07. The van der Waals surface area contributed by atoms with Crippen molar-refractivity contribution in [2.75, 3.05) is 0 Å². The second kappa shape index (κ2) is 5.70. The molecule has 0 saturated carbocycles. The van der Waals surface area contributed by atoms with E-state index in [9.17, 15) is 0 Å². The molecule has 0 aromatic heterocycles. The molecule has 0 aliphatic carbocycles. The summed E-state index contributed by atoms with van der Waals surface area (Å²) in [5.41, 5.74) is 0. The van der Waals surface area contributed by atoms with Gasteiger partial charge in [0.2, 0.25) is 0 Å². The topological polar surface area (TPSA) is 9.23 Å². The fourth-order valence-corrected chi connectivity index (χ4v) is 6.54. The Labute approximate surface area is 115 Å². The zero-order chi connectivity index (χ0) is 12.3. The van der Waals surface area contributed by atoms with Gasteiger partial charge in [0.25, 0.3) is 0 Å². The monoisotopic (exact) mass is 394 g/mol. The van der Waals surface area contributed by atoms with Crippen LogP contribution < -0.4 is 8.32 Å². The summed E-state index contributed by atoms with van der Waals surface area (Å²) < 4.78 is 6.47. The van der Waals surface area contributed by atoms with E-state index in [0.29, 0.717) is 5.75 Å². The van der Waals surface area contributed by atoms with E-state index in [1.807, 2.05) is 54.6 Å². The maximum atomic E-state index is 6.09. The average molecular weight is 394 g/mol. The Morgan fingerprint density at radius 1 is 0.765 bits per heavy atom. The van der Waals surface area contributed by atoms with Crippen molar-refractivity contribution in [1.82, 2.24) is 0 Å². The number of benzene rings is 2. The molecule has 0 bridgehead atoms. The fourth-order valence-electron chi connectivity index (χ4n) is 1.41. The summed E-state index contributed by atoms with van der Waals surface area (Å²) in [6.07, 6.45) is 0. The minimum atomic E-state index is -3.68. The van der Waals surface area contributed by atoms with Crippen molar-refractivity contribution in [3.8, 4) is 11.5 Å². The molecule has 0 spiro atoms. The molecule has 0 unspecified atom stereocenters. The van der Waals surface area contributed by atoms with Gasteiger partial charge in [0.15, 0.2) is 0 Å². The van der Waals surface area contributed by atoms with Crippen LogP contribution in [-0.4, -0.2) is 15.0 Å². The molecule has 88 valence electrons. The Kier molecular flexibility index (Phi) is 4.47. The molecule has 0 heterocycles. The van der Waals surface area contributed by atoms with Crippen molar-refractivity contribution in [3.63, 3.8) is 0 Å². The molecule has 5 heteroatoms. The molecule has 0 aliphatic rings. The van der Waals surface area contributed by atoms with Gasteiger partial charge in [-0.25, -0.2) is 0 Å². The zero-order valence-electron chi connectivity index (χ0n) is 8.74. The molecule has 0 fully saturated rings. The van der Waals surface area contributed by atoms with Crippen LogP contribution in [0, 0.1) is 0 Å². The van der Waals surface area contributed by atoms with Gasteiger partial charge in [0, 0.05) is 0 Å². The van der Waals surface area contributed by atoms with E-state index < -0.39 is 15.0 Å². The van der Waals surface area contributed by atoms with Crippen LogP contribution in [0.4, 0.5) is 0 Å². The number of halogens is 3. The van der Waals surface area contributed by atoms with Gasteiger partial charge in [0.1, 0.15) is 0 Å². The van der Waals surface area contributed by atoms with Crippen LogP contribution in [-0.2, 0) is 0 Å². The van der Waals surface area contributed by atoms with E-state index in [1.54, 1.807) is 0 Å².